The maximum absolute atomic E-state index is 13.4. The first-order valence-corrected chi connectivity index (χ1v) is 6.01. The third kappa shape index (κ3) is 3.25. The molecule has 0 amide bonds. The Morgan fingerprint density at radius 1 is 1.42 bits per heavy atom. The van der Waals surface area contributed by atoms with Crippen LogP contribution in [0.5, 0.6) is 0 Å². The molecule has 2 aromatic rings. The minimum absolute atomic E-state index is 0.103. The lowest BCUT2D eigenvalue weighted by Crippen LogP contribution is -2.12. The number of nitrogens with zero attached hydrogens (tertiary/aromatic N) is 4. The van der Waals surface area contributed by atoms with E-state index in [-0.39, 0.29) is 11.8 Å². The van der Waals surface area contributed by atoms with Crippen LogP contribution >= 0.6 is 0 Å². The fraction of sp³-hybridized carbons (Fsp3) is 0.417. The lowest BCUT2D eigenvalue weighted by Gasteiger charge is -2.08. The van der Waals surface area contributed by atoms with Gasteiger partial charge in [0.1, 0.15) is 5.82 Å². The van der Waals surface area contributed by atoms with Gasteiger partial charge in [0.2, 0.25) is 0 Å². The average molecular weight is 265 g/mol. The van der Waals surface area contributed by atoms with Crippen LogP contribution in [0.3, 0.4) is 0 Å². The Labute approximate surface area is 110 Å². The standard InChI is InChI=1S/C12H16FN5O/c1-8(2)19-6-5-18-12(15-16-17-18)9-3-4-11(14)10(13)7-9/h3-4,7-8H,5-6,14H2,1-2H3. The summed E-state index contributed by atoms with van der Waals surface area (Å²) in [6.07, 6.45) is 0.147. The number of anilines is 1. The van der Waals surface area contributed by atoms with Gasteiger partial charge in [-0.25, -0.2) is 9.07 Å². The second-order valence-electron chi connectivity index (χ2n) is 4.38. The third-order valence-corrected chi connectivity index (χ3v) is 2.54. The molecule has 0 saturated heterocycles. The molecule has 0 bridgehead atoms. The Kier molecular flexibility index (Phi) is 4.06. The minimum Gasteiger partial charge on any atom is -0.396 e. The Morgan fingerprint density at radius 3 is 2.89 bits per heavy atom. The topological polar surface area (TPSA) is 78.8 Å². The van der Waals surface area contributed by atoms with Crippen molar-refractivity contribution < 1.29 is 9.13 Å². The monoisotopic (exact) mass is 265 g/mol. The molecule has 0 aliphatic heterocycles. The van der Waals surface area contributed by atoms with Crippen LogP contribution in [0.1, 0.15) is 13.8 Å². The predicted octanol–water partition coefficient (Wildman–Crippen LogP) is 1.49. The summed E-state index contributed by atoms with van der Waals surface area (Å²) in [7, 11) is 0. The van der Waals surface area contributed by atoms with Crippen LogP contribution in [-0.4, -0.2) is 32.9 Å². The fourth-order valence-corrected chi connectivity index (χ4v) is 1.60. The van der Waals surface area contributed by atoms with Crippen LogP contribution in [0.25, 0.3) is 11.4 Å². The number of hydrogen-bond acceptors (Lipinski definition) is 5. The smallest absolute Gasteiger partial charge is 0.182 e. The van der Waals surface area contributed by atoms with Gasteiger partial charge in [0.05, 0.1) is 24.9 Å². The molecule has 1 aromatic heterocycles. The first-order valence-electron chi connectivity index (χ1n) is 6.01. The molecule has 0 saturated carbocycles. The summed E-state index contributed by atoms with van der Waals surface area (Å²) >= 11 is 0. The summed E-state index contributed by atoms with van der Waals surface area (Å²) in [5.74, 6) is 0.0109. The van der Waals surface area contributed by atoms with E-state index in [1.54, 1.807) is 10.7 Å². The van der Waals surface area contributed by atoms with Gasteiger partial charge < -0.3 is 10.5 Å². The summed E-state index contributed by atoms with van der Waals surface area (Å²) in [5, 5.41) is 11.4. The highest BCUT2D eigenvalue weighted by Gasteiger charge is 2.11. The molecule has 0 aliphatic carbocycles. The molecule has 1 aromatic carbocycles. The van der Waals surface area contributed by atoms with Crippen molar-refractivity contribution >= 4 is 5.69 Å². The number of ether oxygens (including phenoxy) is 1. The molecule has 0 atom stereocenters. The molecule has 0 aliphatic rings. The molecule has 0 unspecified atom stereocenters. The van der Waals surface area contributed by atoms with Crippen molar-refractivity contribution in [3.63, 3.8) is 0 Å². The Morgan fingerprint density at radius 2 is 2.21 bits per heavy atom. The second kappa shape index (κ2) is 5.75. The molecule has 0 spiro atoms. The first-order chi connectivity index (χ1) is 9.08. The second-order valence-corrected chi connectivity index (χ2v) is 4.38. The highest BCUT2D eigenvalue weighted by Crippen LogP contribution is 2.20. The van der Waals surface area contributed by atoms with Gasteiger partial charge in [-0.05, 0) is 42.5 Å². The number of nitrogen functional groups attached to an aromatic ring is 1. The van der Waals surface area contributed by atoms with E-state index in [2.05, 4.69) is 15.5 Å². The van der Waals surface area contributed by atoms with E-state index in [9.17, 15) is 4.39 Å². The molecule has 102 valence electrons. The van der Waals surface area contributed by atoms with Crippen molar-refractivity contribution in [2.75, 3.05) is 12.3 Å². The fourth-order valence-electron chi connectivity index (χ4n) is 1.60. The zero-order valence-corrected chi connectivity index (χ0v) is 10.9. The van der Waals surface area contributed by atoms with Gasteiger partial charge in [0.25, 0.3) is 0 Å². The molecule has 6 nitrogen and oxygen atoms in total. The van der Waals surface area contributed by atoms with Crippen LogP contribution in [0.15, 0.2) is 18.2 Å². The number of nitrogens with two attached hydrogens (primary N) is 1. The van der Waals surface area contributed by atoms with Crippen LogP contribution in [0.2, 0.25) is 0 Å². The van der Waals surface area contributed by atoms with Crippen LogP contribution < -0.4 is 5.73 Å². The van der Waals surface area contributed by atoms with Crippen molar-refractivity contribution in [3.8, 4) is 11.4 Å². The number of rotatable bonds is 5. The number of benzene rings is 1. The van der Waals surface area contributed by atoms with Crippen LogP contribution in [0, 0.1) is 5.82 Å². The quantitative estimate of drug-likeness (QED) is 0.828. The van der Waals surface area contributed by atoms with E-state index in [4.69, 9.17) is 10.5 Å². The lowest BCUT2D eigenvalue weighted by molar-refractivity contribution is 0.0709. The number of hydrogen-bond donors (Lipinski definition) is 1. The number of halogens is 1. The summed E-state index contributed by atoms with van der Waals surface area (Å²) in [4.78, 5) is 0. The van der Waals surface area contributed by atoms with Gasteiger partial charge in [0, 0.05) is 5.56 Å². The molecular weight excluding hydrogens is 249 g/mol. The van der Waals surface area contributed by atoms with E-state index in [0.29, 0.717) is 24.5 Å². The Bertz CT molecular complexity index is 555. The average Bonchev–Trinajstić information content (AvgIpc) is 2.80. The maximum atomic E-state index is 13.4. The molecule has 0 fully saturated rings. The van der Waals surface area contributed by atoms with E-state index in [0.717, 1.165) is 0 Å². The normalized spacial score (nSPS) is 11.2. The molecule has 19 heavy (non-hydrogen) atoms. The summed E-state index contributed by atoms with van der Waals surface area (Å²) in [5.41, 5.74) is 6.13. The van der Waals surface area contributed by atoms with Crippen molar-refractivity contribution in [2.24, 2.45) is 0 Å². The molecule has 0 radical (unpaired) electrons. The van der Waals surface area contributed by atoms with E-state index < -0.39 is 5.82 Å². The van der Waals surface area contributed by atoms with Crippen molar-refractivity contribution in [1.82, 2.24) is 20.2 Å². The minimum atomic E-state index is -0.481. The Hall–Kier alpha value is -2.02. The molecule has 1 heterocycles. The number of aromatic nitrogens is 4. The van der Waals surface area contributed by atoms with Crippen molar-refractivity contribution in [3.05, 3.63) is 24.0 Å². The summed E-state index contributed by atoms with van der Waals surface area (Å²) in [6, 6.07) is 4.50. The van der Waals surface area contributed by atoms with Gasteiger partial charge in [-0.1, -0.05) is 0 Å². The van der Waals surface area contributed by atoms with Crippen molar-refractivity contribution in [2.45, 2.75) is 26.5 Å². The van der Waals surface area contributed by atoms with Crippen molar-refractivity contribution in [1.29, 1.82) is 0 Å². The van der Waals surface area contributed by atoms with Gasteiger partial charge >= 0.3 is 0 Å². The number of tetrazole rings is 1. The first kappa shape index (κ1) is 13.4. The zero-order chi connectivity index (χ0) is 13.8. The van der Waals surface area contributed by atoms with Crippen LogP contribution in [-0.2, 0) is 11.3 Å². The van der Waals surface area contributed by atoms with Gasteiger partial charge in [-0.15, -0.1) is 5.10 Å². The van der Waals surface area contributed by atoms with E-state index in [1.807, 2.05) is 13.8 Å². The molecule has 7 heteroatoms. The third-order valence-electron chi connectivity index (χ3n) is 2.54. The van der Waals surface area contributed by atoms with Gasteiger partial charge in [0.15, 0.2) is 5.82 Å². The lowest BCUT2D eigenvalue weighted by atomic mass is 10.2. The maximum Gasteiger partial charge on any atom is 0.182 e. The van der Waals surface area contributed by atoms with Gasteiger partial charge in [-0.3, -0.25) is 0 Å². The summed E-state index contributed by atoms with van der Waals surface area (Å²) in [6.45, 7) is 4.91. The zero-order valence-electron chi connectivity index (χ0n) is 10.9. The highest BCUT2D eigenvalue weighted by molar-refractivity contribution is 5.58. The molecular formula is C12H16FN5O. The molecule has 2 rings (SSSR count). The highest BCUT2D eigenvalue weighted by atomic mass is 19.1. The van der Waals surface area contributed by atoms with E-state index in [1.165, 1.54) is 12.1 Å². The van der Waals surface area contributed by atoms with Gasteiger partial charge in [-0.2, -0.15) is 0 Å². The summed E-state index contributed by atoms with van der Waals surface area (Å²) < 4.78 is 20.4. The largest absolute Gasteiger partial charge is 0.396 e. The Balaban J connectivity index is 2.16. The SMILES string of the molecule is CC(C)OCCn1nnnc1-c1ccc(N)c(F)c1. The van der Waals surface area contributed by atoms with E-state index >= 15 is 0 Å². The molecule has 2 N–H and O–H groups in total. The predicted molar refractivity (Wildman–Crippen MR) is 68.7 cm³/mol. The van der Waals surface area contributed by atoms with Crippen LogP contribution in [0.4, 0.5) is 10.1 Å².